The summed E-state index contributed by atoms with van der Waals surface area (Å²) in [6, 6.07) is 14.5. The highest BCUT2D eigenvalue weighted by molar-refractivity contribution is 7.22. The predicted octanol–water partition coefficient (Wildman–Crippen LogP) is 5.60. The molecule has 3 aromatic carbocycles. The molecule has 0 spiro atoms. The first-order chi connectivity index (χ1) is 16.9. The maximum atomic E-state index is 14.2. The number of amides is 1. The van der Waals surface area contributed by atoms with E-state index in [9.17, 15) is 23.5 Å². The van der Waals surface area contributed by atoms with Crippen molar-refractivity contribution in [1.29, 1.82) is 0 Å². The van der Waals surface area contributed by atoms with Crippen LogP contribution in [0.2, 0.25) is 0 Å². The van der Waals surface area contributed by atoms with Crippen molar-refractivity contribution in [2.24, 2.45) is 0 Å². The minimum absolute atomic E-state index is 0.149. The molecule has 0 radical (unpaired) electrons. The Balaban J connectivity index is 1.70. The minimum Gasteiger partial charge on any atom is -0.507 e. The van der Waals surface area contributed by atoms with Gasteiger partial charge in [0.05, 0.1) is 28.4 Å². The van der Waals surface area contributed by atoms with Crippen LogP contribution in [0.4, 0.5) is 13.9 Å². The number of ketones is 1. The average Bonchev–Trinajstić information content (AvgIpc) is 3.37. The summed E-state index contributed by atoms with van der Waals surface area (Å²) in [6.07, 6.45) is 0. The van der Waals surface area contributed by atoms with Gasteiger partial charge in [-0.05, 0) is 67.1 Å². The smallest absolute Gasteiger partial charge is 0.301 e. The molecule has 0 bridgehead atoms. The molecule has 1 aliphatic rings. The molecule has 1 fully saturated rings. The molecule has 1 atom stereocenters. The van der Waals surface area contributed by atoms with Gasteiger partial charge in [-0.3, -0.25) is 14.5 Å². The van der Waals surface area contributed by atoms with Crippen LogP contribution in [0.5, 0.6) is 5.75 Å². The highest BCUT2D eigenvalue weighted by Gasteiger charge is 2.48. The second kappa shape index (κ2) is 8.92. The minimum atomic E-state index is -1.14. The number of aliphatic hydroxyl groups is 1. The van der Waals surface area contributed by atoms with Gasteiger partial charge in [0.25, 0.3) is 5.78 Å². The Morgan fingerprint density at radius 2 is 1.83 bits per heavy atom. The van der Waals surface area contributed by atoms with Crippen LogP contribution >= 0.6 is 11.3 Å². The lowest BCUT2D eigenvalue weighted by atomic mass is 9.95. The van der Waals surface area contributed by atoms with E-state index < -0.39 is 35.1 Å². The Morgan fingerprint density at radius 3 is 2.54 bits per heavy atom. The Labute approximate surface area is 202 Å². The Morgan fingerprint density at radius 1 is 1.06 bits per heavy atom. The summed E-state index contributed by atoms with van der Waals surface area (Å²) < 4.78 is 33.9. The van der Waals surface area contributed by atoms with Crippen molar-refractivity contribution in [2.45, 2.75) is 13.0 Å². The van der Waals surface area contributed by atoms with Crippen LogP contribution in [-0.2, 0) is 9.59 Å². The van der Waals surface area contributed by atoms with E-state index in [0.29, 0.717) is 17.9 Å². The van der Waals surface area contributed by atoms with Gasteiger partial charge in [-0.2, -0.15) is 0 Å². The third kappa shape index (κ3) is 4.04. The molecule has 9 heteroatoms. The zero-order valence-electron chi connectivity index (χ0n) is 18.4. The Kier molecular flexibility index (Phi) is 5.78. The summed E-state index contributed by atoms with van der Waals surface area (Å²) in [4.78, 5) is 32.1. The zero-order chi connectivity index (χ0) is 24.7. The van der Waals surface area contributed by atoms with Crippen molar-refractivity contribution in [3.8, 4) is 5.75 Å². The van der Waals surface area contributed by atoms with E-state index in [0.717, 1.165) is 21.7 Å². The highest BCUT2D eigenvalue weighted by Crippen LogP contribution is 2.44. The van der Waals surface area contributed by atoms with Gasteiger partial charge in [0, 0.05) is 5.56 Å². The van der Waals surface area contributed by atoms with Gasteiger partial charge in [0.15, 0.2) is 5.13 Å². The maximum absolute atomic E-state index is 14.2. The normalized spacial score (nSPS) is 17.3. The summed E-state index contributed by atoms with van der Waals surface area (Å²) in [5.41, 5.74) is 0.784. The van der Waals surface area contributed by atoms with E-state index in [1.54, 1.807) is 24.3 Å². The fourth-order valence-corrected chi connectivity index (χ4v) is 5.06. The Hall–Kier alpha value is -4.11. The van der Waals surface area contributed by atoms with Crippen molar-refractivity contribution >= 4 is 44.1 Å². The molecule has 1 aromatic heterocycles. The summed E-state index contributed by atoms with van der Waals surface area (Å²) in [5, 5.41) is 11.2. The van der Waals surface area contributed by atoms with Crippen molar-refractivity contribution < 1.29 is 28.2 Å². The summed E-state index contributed by atoms with van der Waals surface area (Å²) in [7, 11) is 0. The van der Waals surface area contributed by atoms with Crippen molar-refractivity contribution in [3.05, 3.63) is 95.1 Å². The van der Waals surface area contributed by atoms with Gasteiger partial charge in [-0.1, -0.05) is 23.5 Å². The molecule has 5 rings (SSSR count). The summed E-state index contributed by atoms with van der Waals surface area (Å²) in [6.45, 7) is 2.34. The van der Waals surface area contributed by atoms with E-state index in [1.807, 2.05) is 6.92 Å². The molecule has 1 aliphatic heterocycles. The number of aliphatic hydroxyl groups excluding tert-OH is 1. The lowest BCUT2D eigenvalue weighted by Crippen LogP contribution is -2.29. The number of benzene rings is 3. The molecule has 0 saturated carbocycles. The predicted molar refractivity (Wildman–Crippen MR) is 128 cm³/mol. The number of anilines is 1. The largest absolute Gasteiger partial charge is 0.507 e. The fraction of sp³-hybridized carbons (Fsp3) is 0.115. The van der Waals surface area contributed by atoms with Gasteiger partial charge < -0.3 is 9.84 Å². The van der Waals surface area contributed by atoms with Gasteiger partial charge >= 0.3 is 5.91 Å². The number of carbonyl (C=O) groups is 2. The lowest BCUT2D eigenvalue weighted by Gasteiger charge is -2.23. The van der Waals surface area contributed by atoms with Gasteiger partial charge in [0.1, 0.15) is 23.1 Å². The number of Topliss-reactive ketones (excluding diaryl/α,β-unsaturated/α-hetero) is 1. The number of thiazole rings is 1. The van der Waals surface area contributed by atoms with Crippen molar-refractivity contribution in [3.63, 3.8) is 0 Å². The monoisotopic (exact) mass is 492 g/mol. The second-order valence-electron chi connectivity index (χ2n) is 7.79. The number of halogens is 2. The molecular weight excluding hydrogens is 474 g/mol. The van der Waals surface area contributed by atoms with Crippen molar-refractivity contribution in [2.75, 3.05) is 11.5 Å². The standard InChI is InChI=1S/C26H18F2N2O4S/c1-2-34-18-10-11-19-20(13-18)35-26(29-19)30-22(15-4-3-5-17(28)12-15)21(24(32)25(30)33)23(31)14-6-8-16(27)9-7-14/h3-13,22,31H,2H2,1H3/b23-21+. The molecule has 1 saturated heterocycles. The lowest BCUT2D eigenvalue weighted by molar-refractivity contribution is -0.132. The van der Waals surface area contributed by atoms with Crippen LogP contribution < -0.4 is 9.64 Å². The number of nitrogens with zero attached hydrogens (tertiary/aromatic N) is 2. The topological polar surface area (TPSA) is 79.7 Å². The SMILES string of the molecule is CCOc1ccc2nc(N3C(=O)C(=O)/C(=C(/O)c4ccc(F)cc4)C3c3cccc(F)c3)sc2c1. The van der Waals surface area contributed by atoms with Gasteiger partial charge in [-0.25, -0.2) is 13.8 Å². The maximum Gasteiger partial charge on any atom is 0.301 e. The summed E-state index contributed by atoms with van der Waals surface area (Å²) >= 11 is 1.17. The quantitative estimate of drug-likeness (QED) is 0.223. The second-order valence-corrected chi connectivity index (χ2v) is 8.80. The number of aromatic nitrogens is 1. The van der Waals surface area contributed by atoms with E-state index in [1.165, 1.54) is 41.7 Å². The average molecular weight is 493 g/mol. The number of ether oxygens (including phenoxy) is 1. The number of rotatable bonds is 5. The Bertz CT molecular complexity index is 1500. The molecule has 1 amide bonds. The molecule has 176 valence electrons. The number of carbonyl (C=O) groups excluding carboxylic acids is 2. The molecule has 35 heavy (non-hydrogen) atoms. The fourth-order valence-electron chi connectivity index (χ4n) is 4.04. The number of hydrogen-bond acceptors (Lipinski definition) is 6. The molecule has 1 unspecified atom stereocenters. The van der Waals surface area contributed by atoms with Crippen LogP contribution in [0.1, 0.15) is 24.1 Å². The third-order valence-electron chi connectivity index (χ3n) is 5.59. The van der Waals surface area contributed by atoms with Crippen LogP contribution in [0, 0.1) is 11.6 Å². The molecule has 1 N–H and O–H groups in total. The van der Waals surface area contributed by atoms with E-state index in [-0.39, 0.29) is 21.8 Å². The van der Waals surface area contributed by atoms with Crippen LogP contribution in [0.3, 0.4) is 0 Å². The third-order valence-corrected chi connectivity index (χ3v) is 6.61. The van der Waals surface area contributed by atoms with Crippen LogP contribution in [0.15, 0.2) is 72.3 Å². The van der Waals surface area contributed by atoms with E-state index in [2.05, 4.69) is 4.98 Å². The van der Waals surface area contributed by atoms with Gasteiger partial charge in [-0.15, -0.1) is 0 Å². The zero-order valence-corrected chi connectivity index (χ0v) is 19.2. The van der Waals surface area contributed by atoms with Crippen LogP contribution in [0.25, 0.3) is 16.0 Å². The molecule has 2 heterocycles. The van der Waals surface area contributed by atoms with Crippen molar-refractivity contribution in [1.82, 2.24) is 4.98 Å². The van der Waals surface area contributed by atoms with E-state index in [4.69, 9.17) is 4.74 Å². The molecule has 6 nitrogen and oxygen atoms in total. The molecular formula is C26H18F2N2O4S. The first-order valence-electron chi connectivity index (χ1n) is 10.7. The van der Waals surface area contributed by atoms with Gasteiger partial charge in [0.2, 0.25) is 0 Å². The highest BCUT2D eigenvalue weighted by atomic mass is 32.1. The first-order valence-corrected chi connectivity index (χ1v) is 11.5. The number of hydrogen-bond donors (Lipinski definition) is 1. The van der Waals surface area contributed by atoms with Crippen LogP contribution in [-0.4, -0.2) is 28.4 Å². The molecule has 4 aromatic rings. The van der Waals surface area contributed by atoms with E-state index >= 15 is 0 Å². The number of fused-ring (bicyclic) bond motifs is 1. The first kappa shape index (κ1) is 22.7. The summed E-state index contributed by atoms with van der Waals surface area (Å²) in [5.74, 6) is -2.80. The molecule has 0 aliphatic carbocycles.